The molecule has 2 aliphatic heterocycles. The number of H-pyrrole nitrogens is 1. The minimum Gasteiger partial charge on any atom is -0.497 e. The maximum atomic E-state index is 13.8. The number of thiazole rings is 1. The molecule has 180 valence electrons. The van der Waals surface area contributed by atoms with Gasteiger partial charge in [-0.1, -0.05) is 53.4 Å². The lowest BCUT2D eigenvalue weighted by Gasteiger charge is -2.30. The van der Waals surface area contributed by atoms with Crippen LogP contribution in [0.4, 0.5) is 5.69 Å². The molecule has 6 rings (SSSR count). The zero-order valence-electron chi connectivity index (χ0n) is 19.0. The molecule has 3 atom stereocenters. The van der Waals surface area contributed by atoms with Crippen molar-refractivity contribution in [1.82, 2.24) is 4.98 Å². The summed E-state index contributed by atoms with van der Waals surface area (Å²) >= 11 is 2.34. The van der Waals surface area contributed by atoms with Gasteiger partial charge < -0.3 is 14.5 Å². The molecule has 2 amide bonds. The predicted octanol–water partition coefficient (Wildman–Crippen LogP) is 5.03. The summed E-state index contributed by atoms with van der Waals surface area (Å²) in [4.78, 5) is 44.4. The second-order valence-corrected chi connectivity index (χ2v) is 10.6. The third-order valence-corrected chi connectivity index (χ3v) is 8.75. The summed E-state index contributed by atoms with van der Waals surface area (Å²) in [6, 6.07) is 23.8. The monoisotopic (exact) mass is 516 g/mol. The fourth-order valence-corrected chi connectivity index (χ4v) is 7.27. The Kier molecular flexibility index (Phi) is 5.66. The molecule has 2 aliphatic rings. The van der Waals surface area contributed by atoms with Gasteiger partial charge in [0, 0.05) is 10.8 Å². The Bertz CT molecular complexity index is 1510. The van der Waals surface area contributed by atoms with Crippen molar-refractivity contribution in [1.29, 1.82) is 0 Å². The Balaban J connectivity index is 1.42. The predicted molar refractivity (Wildman–Crippen MR) is 138 cm³/mol. The van der Waals surface area contributed by atoms with Crippen LogP contribution < -0.4 is 19.2 Å². The first-order valence-corrected chi connectivity index (χ1v) is 13.0. The first-order chi connectivity index (χ1) is 17.5. The Labute approximate surface area is 214 Å². The number of carbonyl (C=O) groups excluding carboxylic acids is 2. The Morgan fingerprint density at radius 1 is 0.833 bits per heavy atom. The number of imide groups is 1. The zero-order chi connectivity index (χ0) is 24.8. The molecule has 0 spiro atoms. The first kappa shape index (κ1) is 22.6. The molecule has 0 radical (unpaired) electrons. The number of rotatable bonds is 5. The molecular formula is C27H20N2O5S2. The van der Waals surface area contributed by atoms with Crippen LogP contribution in [0.15, 0.2) is 88.7 Å². The van der Waals surface area contributed by atoms with E-state index >= 15 is 0 Å². The number of hydrogen-bond acceptors (Lipinski definition) is 7. The van der Waals surface area contributed by atoms with Crippen LogP contribution in [0.2, 0.25) is 0 Å². The van der Waals surface area contributed by atoms with Gasteiger partial charge in [-0.15, -0.1) is 0 Å². The van der Waals surface area contributed by atoms with Crippen LogP contribution in [0.5, 0.6) is 17.2 Å². The molecule has 0 saturated carbocycles. The number of nitrogens with one attached hydrogen (secondary N) is 1. The van der Waals surface area contributed by atoms with Crippen LogP contribution in [0.1, 0.15) is 16.4 Å². The Morgan fingerprint density at radius 2 is 1.58 bits per heavy atom. The van der Waals surface area contributed by atoms with Gasteiger partial charge in [0.15, 0.2) is 0 Å². The van der Waals surface area contributed by atoms with Gasteiger partial charge >= 0.3 is 4.87 Å². The Hall–Kier alpha value is -3.82. The number of fused-ring (bicyclic) bond motifs is 2. The van der Waals surface area contributed by atoms with Crippen LogP contribution in [0.3, 0.4) is 0 Å². The van der Waals surface area contributed by atoms with Crippen LogP contribution >= 0.6 is 23.1 Å². The van der Waals surface area contributed by atoms with E-state index in [9.17, 15) is 14.4 Å². The number of para-hydroxylation sites is 1. The molecule has 1 N–H and O–H groups in total. The highest BCUT2D eigenvalue weighted by atomic mass is 32.2. The van der Waals surface area contributed by atoms with E-state index in [-0.39, 0.29) is 16.7 Å². The summed E-state index contributed by atoms with van der Waals surface area (Å²) < 4.78 is 11.2. The normalized spacial score (nSPS) is 20.7. The second kappa shape index (κ2) is 9.00. The summed E-state index contributed by atoms with van der Waals surface area (Å²) in [5, 5.41) is -0.00980. The number of aromatic amines is 1. The van der Waals surface area contributed by atoms with Crippen molar-refractivity contribution >= 4 is 40.6 Å². The minimum absolute atomic E-state index is 0.207. The highest BCUT2D eigenvalue weighted by molar-refractivity contribution is 8.00. The van der Waals surface area contributed by atoms with E-state index in [1.165, 1.54) is 16.7 Å². The molecule has 3 heterocycles. The molecule has 0 aliphatic carbocycles. The lowest BCUT2D eigenvalue weighted by Crippen LogP contribution is -2.32. The third-order valence-electron chi connectivity index (χ3n) is 6.35. The summed E-state index contributed by atoms with van der Waals surface area (Å²) in [7, 11) is 1.56. The average molecular weight is 517 g/mol. The Morgan fingerprint density at radius 3 is 2.33 bits per heavy atom. The molecule has 3 aromatic carbocycles. The number of anilines is 1. The molecule has 0 bridgehead atoms. The SMILES string of the molecule is COc1ccc(N2C(=O)[C@H]3[C@H](c4cccc(Oc5ccccc5)c4)c4sc(=O)[nH]c4S[C@H]3C2=O)cc1. The van der Waals surface area contributed by atoms with Gasteiger partial charge in [0.05, 0.1) is 23.7 Å². The van der Waals surface area contributed by atoms with Crippen LogP contribution in [0.25, 0.3) is 0 Å². The standard InChI is InChI=1S/C27H20N2O5S2/c1-33-17-12-10-16(11-13-17)29-25(30)21-20(22-24(28-27(32)36-22)35-23(21)26(29)31)15-6-5-9-19(14-15)34-18-7-3-2-4-8-18/h2-14,20-21,23H,1H3,(H,28,32)/t20-,21-,23+/m0/s1. The number of thioether (sulfide) groups is 1. The number of benzene rings is 3. The molecule has 0 unspecified atom stereocenters. The lowest BCUT2D eigenvalue weighted by atomic mass is 9.83. The van der Waals surface area contributed by atoms with Gasteiger partial charge in [-0.3, -0.25) is 14.4 Å². The molecule has 1 fully saturated rings. The van der Waals surface area contributed by atoms with Crippen molar-refractivity contribution in [3.05, 3.63) is 99.0 Å². The quantitative estimate of drug-likeness (QED) is 0.374. The number of aromatic nitrogens is 1. The molecule has 7 nitrogen and oxygen atoms in total. The van der Waals surface area contributed by atoms with Crippen molar-refractivity contribution in [2.45, 2.75) is 16.2 Å². The molecule has 9 heteroatoms. The van der Waals surface area contributed by atoms with E-state index in [4.69, 9.17) is 9.47 Å². The zero-order valence-corrected chi connectivity index (χ0v) is 20.7. The number of nitrogens with zero attached hydrogens (tertiary/aromatic N) is 1. The van der Waals surface area contributed by atoms with E-state index in [0.29, 0.717) is 28.0 Å². The fraction of sp³-hybridized carbons (Fsp3) is 0.148. The maximum Gasteiger partial charge on any atom is 0.305 e. The van der Waals surface area contributed by atoms with Crippen molar-refractivity contribution in [2.75, 3.05) is 12.0 Å². The minimum atomic E-state index is -0.657. The molecule has 1 saturated heterocycles. The highest BCUT2D eigenvalue weighted by Crippen LogP contribution is 2.53. The third kappa shape index (κ3) is 3.81. The summed E-state index contributed by atoms with van der Waals surface area (Å²) in [6.07, 6.45) is 0. The second-order valence-electron chi connectivity index (χ2n) is 8.45. The van der Waals surface area contributed by atoms with E-state index in [2.05, 4.69) is 4.98 Å². The number of amides is 2. The highest BCUT2D eigenvalue weighted by Gasteiger charge is 2.56. The summed E-state index contributed by atoms with van der Waals surface area (Å²) in [5.74, 6) is 0.244. The lowest BCUT2D eigenvalue weighted by molar-refractivity contribution is -0.122. The van der Waals surface area contributed by atoms with Gasteiger partial charge in [0.2, 0.25) is 11.8 Å². The largest absolute Gasteiger partial charge is 0.497 e. The van der Waals surface area contributed by atoms with Gasteiger partial charge in [0.25, 0.3) is 0 Å². The van der Waals surface area contributed by atoms with Crippen molar-refractivity contribution < 1.29 is 19.1 Å². The van der Waals surface area contributed by atoms with Crippen molar-refractivity contribution in [3.8, 4) is 17.2 Å². The molecule has 1 aromatic heterocycles. The van der Waals surface area contributed by atoms with Gasteiger partial charge in [0.1, 0.15) is 22.5 Å². The number of ether oxygens (including phenoxy) is 2. The van der Waals surface area contributed by atoms with Gasteiger partial charge in [-0.2, -0.15) is 0 Å². The van der Waals surface area contributed by atoms with Crippen LogP contribution in [-0.4, -0.2) is 29.2 Å². The van der Waals surface area contributed by atoms with E-state index in [1.807, 2.05) is 54.6 Å². The molecule has 36 heavy (non-hydrogen) atoms. The van der Waals surface area contributed by atoms with Crippen molar-refractivity contribution in [3.63, 3.8) is 0 Å². The molecular weight excluding hydrogens is 496 g/mol. The van der Waals surface area contributed by atoms with E-state index in [0.717, 1.165) is 21.8 Å². The van der Waals surface area contributed by atoms with Gasteiger partial charge in [-0.05, 0) is 54.1 Å². The number of methoxy groups -OCH3 is 1. The van der Waals surface area contributed by atoms with Crippen LogP contribution in [-0.2, 0) is 9.59 Å². The van der Waals surface area contributed by atoms with E-state index < -0.39 is 17.1 Å². The first-order valence-electron chi connectivity index (χ1n) is 11.3. The topological polar surface area (TPSA) is 88.7 Å². The summed E-state index contributed by atoms with van der Waals surface area (Å²) in [5.41, 5.74) is 1.31. The number of hydrogen-bond donors (Lipinski definition) is 1. The van der Waals surface area contributed by atoms with E-state index in [1.54, 1.807) is 31.4 Å². The number of carbonyl (C=O) groups is 2. The average Bonchev–Trinajstić information content (AvgIpc) is 3.39. The maximum absolute atomic E-state index is 13.8. The van der Waals surface area contributed by atoms with Crippen molar-refractivity contribution in [2.24, 2.45) is 5.92 Å². The van der Waals surface area contributed by atoms with Gasteiger partial charge in [-0.25, -0.2) is 4.90 Å². The fourth-order valence-electron chi connectivity index (χ4n) is 4.76. The smallest absolute Gasteiger partial charge is 0.305 e. The van der Waals surface area contributed by atoms with Crippen LogP contribution in [0, 0.1) is 5.92 Å². The summed E-state index contributed by atoms with van der Waals surface area (Å²) in [6.45, 7) is 0. The molecule has 4 aromatic rings.